The van der Waals surface area contributed by atoms with E-state index in [0.717, 1.165) is 28.3 Å². The molecular formula is C21H22N2O2S. The average Bonchev–Trinajstić information content (AvgIpc) is 3.03. The molecule has 0 aliphatic rings. The van der Waals surface area contributed by atoms with Gasteiger partial charge in [0, 0.05) is 16.0 Å². The Morgan fingerprint density at radius 1 is 1.08 bits per heavy atom. The van der Waals surface area contributed by atoms with E-state index in [1.165, 1.54) is 16.9 Å². The number of hydrogen-bond acceptors (Lipinski definition) is 4. The van der Waals surface area contributed by atoms with Crippen LogP contribution in [-0.2, 0) is 6.42 Å². The van der Waals surface area contributed by atoms with E-state index < -0.39 is 0 Å². The Kier molecular flexibility index (Phi) is 5.68. The molecule has 1 N–H and O–H groups in total. The Morgan fingerprint density at radius 2 is 1.77 bits per heavy atom. The first-order valence-electron chi connectivity index (χ1n) is 8.71. The van der Waals surface area contributed by atoms with Crippen LogP contribution in [0.25, 0.3) is 11.3 Å². The molecule has 3 aromatic rings. The number of hydrogen-bond donors (Lipinski definition) is 1. The summed E-state index contributed by atoms with van der Waals surface area (Å²) in [4.78, 5) is 18.1. The number of amides is 1. The number of nitrogens with zero attached hydrogens (tertiary/aromatic N) is 1. The SMILES string of the molecule is CCOc1ccc(-c2nc(NC(=O)c3ccc(CC)cc3)sc2C)cc1. The van der Waals surface area contributed by atoms with Gasteiger partial charge in [-0.25, -0.2) is 4.98 Å². The van der Waals surface area contributed by atoms with Crippen molar-refractivity contribution in [3.8, 4) is 17.0 Å². The van der Waals surface area contributed by atoms with Gasteiger partial charge in [-0.1, -0.05) is 19.1 Å². The number of aryl methyl sites for hydroxylation is 2. The predicted octanol–water partition coefficient (Wildman–Crippen LogP) is 5.33. The quantitative estimate of drug-likeness (QED) is 0.641. The van der Waals surface area contributed by atoms with Crippen LogP contribution in [0.3, 0.4) is 0 Å². The Bertz CT molecular complexity index is 883. The molecule has 0 atom stereocenters. The number of carbonyl (C=O) groups excluding carboxylic acids is 1. The van der Waals surface area contributed by atoms with E-state index in [9.17, 15) is 4.79 Å². The molecule has 3 rings (SSSR count). The van der Waals surface area contributed by atoms with Gasteiger partial charge in [-0.15, -0.1) is 11.3 Å². The minimum Gasteiger partial charge on any atom is -0.494 e. The Labute approximate surface area is 157 Å². The molecule has 0 bridgehead atoms. The third-order valence-corrected chi connectivity index (χ3v) is 4.97. The number of nitrogens with one attached hydrogen (secondary N) is 1. The van der Waals surface area contributed by atoms with Gasteiger partial charge in [0.1, 0.15) is 5.75 Å². The first-order chi connectivity index (χ1) is 12.6. The van der Waals surface area contributed by atoms with Gasteiger partial charge in [-0.3, -0.25) is 10.1 Å². The van der Waals surface area contributed by atoms with Crippen LogP contribution in [0.2, 0.25) is 0 Å². The van der Waals surface area contributed by atoms with Crippen molar-refractivity contribution >= 4 is 22.4 Å². The van der Waals surface area contributed by atoms with Crippen molar-refractivity contribution in [1.82, 2.24) is 4.98 Å². The summed E-state index contributed by atoms with van der Waals surface area (Å²) in [5.74, 6) is 0.702. The minimum atomic E-state index is -0.139. The number of benzene rings is 2. The van der Waals surface area contributed by atoms with Gasteiger partial charge < -0.3 is 4.74 Å². The molecule has 1 amide bonds. The van der Waals surface area contributed by atoms with Gasteiger partial charge in [-0.2, -0.15) is 0 Å². The first-order valence-corrected chi connectivity index (χ1v) is 9.53. The molecule has 0 spiro atoms. The maximum absolute atomic E-state index is 12.4. The van der Waals surface area contributed by atoms with Gasteiger partial charge in [0.25, 0.3) is 5.91 Å². The highest BCUT2D eigenvalue weighted by atomic mass is 32.1. The lowest BCUT2D eigenvalue weighted by molar-refractivity contribution is 0.102. The molecular weight excluding hydrogens is 344 g/mol. The van der Waals surface area contributed by atoms with E-state index in [-0.39, 0.29) is 5.91 Å². The van der Waals surface area contributed by atoms with Crippen LogP contribution < -0.4 is 10.1 Å². The van der Waals surface area contributed by atoms with Gasteiger partial charge in [0.2, 0.25) is 0 Å². The second-order valence-corrected chi connectivity index (χ2v) is 7.09. The van der Waals surface area contributed by atoms with Crippen molar-refractivity contribution in [2.24, 2.45) is 0 Å². The smallest absolute Gasteiger partial charge is 0.257 e. The van der Waals surface area contributed by atoms with Gasteiger partial charge in [-0.05, 0) is 62.2 Å². The lowest BCUT2D eigenvalue weighted by Gasteiger charge is -2.04. The highest BCUT2D eigenvalue weighted by Crippen LogP contribution is 2.31. The summed E-state index contributed by atoms with van der Waals surface area (Å²) < 4.78 is 5.48. The summed E-state index contributed by atoms with van der Waals surface area (Å²) in [5.41, 5.74) is 3.74. The third kappa shape index (κ3) is 4.11. The summed E-state index contributed by atoms with van der Waals surface area (Å²) >= 11 is 1.48. The fourth-order valence-electron chi connectivity index (χ4n) is 2.65. The topological polar surface area (TPSA) is 51.2 Å². The highest BCUT2D eigenvalue weighted by molar-refractivity contribution is 7.16. The molecule has 0 aliphatic carbocycles. The second-order valence-electron chi connectivity index (χ2n) is 5.89. The van der Waals surface area contributed by atoms with E-state index >= 15 is 0 Å². The molecule has 2 aromatic carbocycles. The minimum absolute atomic E-state index is 0.139. The number of carbonyl (C=O) groups is 1. The normalized spacial score (nSPS) is 10.6. The maximum atomic E-state index is 12.4. The number of thiazole rings is 1. The van der Waals surface area contributed by atoms with E-state index in [4.69, 9.17) is 4.74 Å². The average molecular weight is 366 g/mol. The monoisotopic (exact) mass is 366 g/mol. The summed E-state index contributed by atoms with van der Waals surface area (Å²) in [6.45, 7) is 6.71. The van der Waals surface area contributed by atoms with Crippen molar-refractivity contribution in [2.45, 2.75) is 27.2 Å². The van der Waals surface area contributed by atoms with E-state index in [2.05, 4.69) is 17.2 Å². The summed E-state index contributed by atoms with van der Waals surface area (Å²) in [5, 5.41) is 3.51. The molecule has 0 saturated heterocycles. The van der Waals surface area contributed by atoms with Gasteiger partial charge in [0.15, 0.2) is 5.13 Å². The summed E-state index contributed by atoms with van der Waals surface area (Å²) in [7, 11) is 0. The molecule has 26 heavy (non-hydrogen) atoms. The molecule has 5 heteroatoms. The van der Waals surface area contributed by atoms with Crippen LogP contribution in [0.1, 0.15) is 34.6 Å². The van der Waals surface area contributed by atoms with Crippen LogP contribution in [0, 0.1) is 6.92 Å². The van der Waals surface area contributed by atoms with Gasteiger partial charge >= 0.3 is 0 Å². The largest absolute Gasteiger partial charge is 0.494 e. The zero-order valence-corrected chi connectivity index (χ0v) is 16.0. The Balaban J connectivity index is 1.75. The molecule has 4 nitrogen and oxygen atoms in total. The van der Waals surface area contributed by atoms with Crippen molar-refractivity contribution in [3.05, 3.63) is 64.5 Å². The van der Waals surface area contributed by atoms with Crippen molar-refractivity contribution in [3.63, 3.8) is 0 Å². The zero-order chi connectivity index (χ0) is 18.5. The second kappa shape index (κ2) is 8.15. The third-order valence-electron chi connectivity index (χ3n) is 4.08. The lowest BCUT2D eigenvalue weighted by Crippen LogP contribution is -2.11. The van der Waals surface area contributed by atoms with E-state index in [1.807, 2.05) is 62.4 Å². The highest BCUT2D eigenvalue weighted by Gasteiger charge is 2.13. The first kappa shape index (κ1) is 18.1. The van der Waals surface area contributed by atoms with Crippen LogP contribution in [0.15, 0.2) is 48.5 Å². The Hall–Kier alpha value is -2.66. The molecule has 0 aliphatic heterocycles. The standard InChI is InChI=1S/C21H22N2O2S/c1-4-15-6-8-17(9-7-15)20(24)23-21-22-19(14(3)26-21)16-10-12-18(13-11-16)25-5-2/h6-13H,4-5H2,1-3H3,(H,22,23,24). The zero-order valence-electron chi connectivity index (χ0n) is 15.2. The molecule has 134 valence electrons. The fraction of sp³-hybridized carbons (Fsp3) is 0.238. The Morgan fingerprint density at radius 3 is 2.38 bits per heavy atom. The molecule has 0 fully saturated rings. The van der Waals surface area contributed by atoms with Crippen LogP contribution >= 0.6 is 11.3 Å². The van der Waals surface area contributed by atoms with Crippen molar-refractivity contribution in [2.75, 3.05) is 11.9 Å². The summed E-state index contributed by atoms with van der Waals surface area (Å²) in [6.07, 6.45) is 0.957. The number of anilines is 1. The number of ether oxygens (including phenoxy) is 1. The predicted molar refractivity (Wildman–Crippen MR) is 107 cm³/mol. The molecule has 1 aromatic heterocycles. The molecule has 0 unspecified atom stereocenters. The maximum Gasteiger partial charge on any atom is 0.257 e. The lowest BCUT2D eigenvalue weighted by atomic mass is 10.1. The molecule has 0 saturated carbocycles. The van der Waals surface area contributed by atoms with Crippen molar-refractivity contribution in [1.29, 1.82) is 0 Å². The molecule has 1 heterocycles. The fourth-order valence-corrected chi connectivity index (χ4v) is 3.49. The summed E-state index contributed by atoms with van der Waals surface area (Å²) in [6, 6.07) is 15.5. The van der Waals surface area contributed by atoms with Crippen LogP contribution in [-0.4, -0.2) is 17.5 Å². The van der Waals surface area contributed by atoms with E-state index in [1.54, 1.807) is 0 Å². The van der Waals surface area contributed by atoms with Gasteiger partial charge in [0.05, 0.1) is 12.3 Å². The van der Waals surface area contributed by atoms with Crippen LogP contribution in [0.4, 0.5) is 5.13 Å². The molecule has 0 radical (unpaired) electrons. The van der Waals surface area contributed by atoms with Crippen molar-refractivity contribution < 1.29 is 9.53 Å². The van der Waals surface area contributed by atoms with E-state index in [0.29, 0.717) is 17.3 Å². The number of aromatic nitrogens is 1. The van der Waals surface area contributed by atoms with Crippen LogP contribution in [0.5, 0.6) is 5.75 Å². The number of rotatable bonds is 6.